The van der Waals surface area contributed by atoms with Crippen molar-refractivity contribution in [1.82, 2.24) is 9.99 Å². The molecular formula is C18H13ClN4O3. The van der Waals surface area contributed by atoms with Gasteiger partial charge in [0.2, 0.25) is 0 Å². The van der Waals surface area contributed by atoms with Gasteiger partial charge in [0, 0.05) is 46.4 Å². The maximum absolute atomic E-state index is 12.1. The minimum Gasteiger partial charge on any atom is -0.324 e. The van der Waals surface area contributed by atoms with Crippen LogP contribution in [0, 0.1) is 10.1 Å². The molecule has 1 heterocycles. The van der Waals surface area contributed by atoms with Crippen LogP contribution in [-0.2, 0) is 0 Å². The lowest BCUT2D eigenvalue weighted by Gasteiger charge is -2.04. The number of hydrogen-bond acceptors (Lipinski definition) is 4. The number of nitro groups is 1. The quantitative estimate of drug-likeness (QED) is 0.422. The topological polar surface area (TPSA) is 89.5 Å². The molecule has 0 saturated heterocycles. The first-order chi connectivity index (χ1) is 12.5. The van der Waals surface area contributed by atoms with Gasteiger partial charge in [-0.1, -0.05) is 11.6 Å². The Labute approximate surface area is 153 Å². The smallest absolute Gasteiger partial charge is 0.271 e. The van der Waals surface area contributed by atoms with Crippen molar-refractivity contribution >= 4 is 29.4 Å². The van der Waals surface area contributed by atoms with Crippen molar-refractivity contribution in [3.05, 3.63) is 93.3 Å². The van der Waals surface area contributed by atoms with E-state index in [0.717, 1.165) is 5.69 Å². The van der Waals surface area contributed by atoms with Crippen molar-refractivity contribution in [3.63, 3.8) is 0 Å². The summed E-state index contributed by atoms with van der Waals surface area (Å²) in [6.07, 6.45) is 5.08. The molecule has 130 valence electrons. The van der Waals surface area contributed by atoms with Gasteiger partial charge in [-0.25, -0.2) is 5.43 Å². The van der Waals surface area contributed by atoms with Crippen molar-refractivity contribution in [2.45, 2.75) is 0 Å². The molecule has 0 radical (unpaired) electrons. The first-order valence-electron chi connectivity index (χ1n) is 7.55. The lowest BCUT2D eigenvalue weighted by Crippen LogP contribution is -2.17. The minimum atomic E-state index is -0.529. The number of halogens is 1. The van der Waals surface area contributed by atoms with Crippen molar-refractivity contribution in [2.75, 3.05) is 0 Å². The molecule has 0 aliphatic carbocycles. The van der Waals surface area contributed by atoms with Gasteiger partial charge in [0.25, 0.3) is 11.6 Å². The van der Waals surface area contributed by atoms with E-state index in [4.69, 9.17) is 11.6 Å². The van der Waals surface area contributed by atoms with Crippen LogP contribution in [0.5, 0.6) is 0 Å². The number of hydrogen-bond donors (Lipinski definition) is 1. The first kappa shape index (κ1) is 17.4. The number of carbonyl (C=O) groups is 1. The average molecular weight is 369 g/mol. The highest BCUT2D eigenvalue weighted by Crippen LogP contribution is 2.20. The Morgan fingerprint density at radius 1 is 1.15 bits per heavy atom. The van der Waals surface area contributed by atoms with E-state index >= 15 is 0 Å². The summed E-state index contributed by atoms with van der Waals surface area (Å²) in [5.74, 6) is -0.401. The van der Waals surface area contributed by atoms with Gasteiger partial charge in [-0.2, -0.15) is 5.10 Å². The summed E-state index contributed by atoms with van der Waals surface area (Å²) in [5.41, 5.74) is 3.96. The molecule has 1 aromatic heterocycles. The molecule has 0 saturated carbocycles. The van der Waals surface area contributed by atoms with Gasteiger partial charge in [-0.05, 0) is 42.5 Å². The molecule has 3 rings (SSSR count). The van der Waals surface area contributed by atoms with E-state index in [1.165, 1.54) is 24.4 Å². The Hall–Kier alpha value is -3.45. The SMILES string of the molecule is O=C(N/N=C/c1cc([N+](=O)[O-])ccc1Cl)c1ccc(-n2cccc2)cc1. The molecule has 7 nitrogen and oxygen atoms in total. The van der Waals surface area contributed by atoms with Crippen molar-refractivity contribution in [3.8, 4) is 5.69 Å². The van der Waals surface area contributed by atoms with Gasteiger partial charge in [-0.3, -0.25) is 14.9 Å². The number of aromatic nitrogens is 1. The van der Waals surface area contributed by atoms with Crippen LogP contribution < -0.4 is 5.43 Å². The molecule has 0 fully saturated rings. The second-order valence-corrected chi connectivity index (χ2v) is 5.71. The van der Waals surface area contributed by atoms with Crippen LogP contribution in [0.15, 0.2) is 72.1 Å². The lowest BCUT2D eigenvalue weighted by molar-refractivity contribution is -0.384. The lowest BCUT2D eigenvalue weighted by atomic mass is 10.2. The monoisotopic (exact) mass is 368 g/mol. The van der Waals surface area contributed by atoms with Crippen molar-refractivity contribution in [2.24, 2.45) is 5.10 Å². The third kappa shape index (κ3) is 3.96. The molecule has 0 spiro atoms. The highest BCUT2D eigenvalue weighted by molar-refractivity contribution is 6.33. The van der Waals surface area contributed by atoms with Crippen molar-refractivity contribution < 1.29 is 9.72 Å². The van der Waals surface area contributed by atoms with Crippen LogP contribution in [0.3, 0.4) is 0 Å². The number of nitrogens with zero attached hydrogens (tertiary/aromatic N) is 3. The average Bonchev–Trinajstić information content (AvgIpc) is 3.18. The minimum absolute atomic E-state index is 0.109. The van der Waals surface area contributed by atoms with E-state index in [0.29, 0.717) is 16.1 Å². The van der Waals surface area contributed by atoms with E-state index in [1.807, 2.05) is 41.2 Å². The Bertz CT molecular complexity index is 967. The summed E-state index contributed by atoms with van der Waals surface area (Å²) in [6.45, 7) is 0. The number of amides is 1. The van der Waals surface area contributed by atoms with Crippen LogP contribution in [0.25, 0.3) is 5.69 Å². The zero-order chi connectivity index (χ0) is 18.5. The second-order valence-electron chi connectivity index (χ2n) is 5.30. The second kappa shape index (κ2) is 7.62. The van der Waals surface area contributed by atoms with Gasteiger partial charge in [0.05, 0.1) is 11.1 Å². The molecule has 0 aliphatic heterocycles. The molecular weight excluding hydrogens is 356 g/mol. The fraction of sp³-hybridized carbons (Fsp3) is 0. The largest absolute Gasteiger partial charge is 0.324 e. The van der Waals surface area contributed by atoms with Crippen LogP contribution in [0.4, 0.5) is 5.69 Å². The first-order valence-corrected chi connectivity index (χ1v) is 7.93. The van der Waals surface area contributed by atoms with E-state index in [2.05, 4.69) is 10.5 Å². The van der Waals surface area contributed by atoms with E-state index < -0.39 is 10.8 Å². The van der Waals surface area contributed by atoms with Gasteiger partial charge >= 0.3 is 0 Å². The van der Waals surface area contributed by atoms with Crippen LogP contribution >= 0.6 is 11.6 Å². The summed E-state index contributed by atoms with van der Waals surface area (Å²) in [7, 11) is 0. The molecule has 3 aromatic rings. The van der Waals surface area contributed by atoms with Crippen LogP contribution in [0.2, 0.25) is 5.02 Å². The summed E-state index contributed by atoms with van der Waals surface area (Å²) in [4.78, 5) is 22.4. The fourth-order valence-electron chi connectivity index (χ4n) is 2.26. The molecule has 0 bridgehead atoms. The van der Waals surface area contributed by atoms with Gasteiger partial charge in [0.1, 0.15) is 0 Å². The number of hydrazone groups is 1. The Morgan fingerprint density at radius 3 is 2.50 bits per heavy atom. The highest BCUT2D eigenvalue weighted by Gasteiger charge is 2.09. The van der Waals surface area contributed by atoms with Crippen LogP contribution in [0.1, 0.15) is 15.9 Å². The molecule has 8 heteroatoms. The van der Waals surface area contributed by atoms with Gasteiger partial charge in [0.15, 0.2) is 0 Å². The molecule has 0 unspecified atom stereocenters. The van der Waals surface area contributed by atoms with Gasteiger partial charge in [-0.15, -0.1) is 0 Å². The zero-order valence-corrected chi connectivity index (χ0v) is 14.1. The summed E-state index contributed by atoms with van der Waals surface area (Å²) < 4.78 is 1.92. The number of nitro benzene ring substituents is 1. The maximum atomic E-state index is 12.1. The van der Waals surface area contributed by atoms with E-state index in [-0.39, 0.29) is 5.69 Å². The molecule has 0 aliphatic rings. The standard InChI is InChI=1S/C18H13ClN4O3/c19-17-8-7-16(23(25)26)11-14(17)12-20-21-18(24)13-3-5-15(6-4-13)22-9-1-2-10-22/h1-12H,(H,21,24)/b20-12+. The Balaban J connectivity index is 1.68. The normalized spacial score (nSPS) is 10.8. The summed E-state index contributed by atoms with van der Waals surface area (Å²) >= 11 is 5.97. The predicted octanol–water partition coefficient (Wildman–Crippen LogP) is 3.80. The number of nitrogens with one attached hydrogen (secondary N) is 1. The number of benzene rings is 2. The number of rotatable bonds is 5. The molecule has 26 heavy (non-hydrogen) atoms. The summed E-state index contributed by atoms with van der Waals surface area (Å²) in [5, 5.41) is 14.9. The highest BCUT2D eigenvalue weighted by atomic mass is 35.5. The predicted molar refractivity (Wildman–Crippen MR) is 98.9 cm³/mol. The fourth-order valence-corrected chi connectivity index (χ4v) is 2.43. The van der Waals surface area contributed by atoms with E-state index in [9.17, 15) is 14.9 Å². The Morgan fingerprint density at radius 2 is 1.85 bits per heavy atom. The number of carbonyl (C=O) groups excluding carboxylic acids is 1. The maximum Gasteiger partial charge on any atom is 0.271 e. The zero-order valence-electron chi connectivity index (χ0n) is 13.4. The molecule has 1 amide bonds. The third-order valence-corrected chi connectivity index (χ3v) is 3.94. The van der Waals surface area contributed by atoms with Crippen molar-refractivity contribution in [1.29, 1.82) is 0 Å². The Kier molecular flexibility index (Phi) is 5.09. The van der Waals surface area contributed by atoms with Gasteiger partial charge < -0.3 is 4.57 Å². The molecule has 2 aromatic carbocycles. The third-order valence-electron chi connectivity index (χ3n) is 3.59. The van der Waals surface area contributed by atoms with E-state index in [1.54, 1.807) is 12.1 Å². The summed E-state index contributed by atoms with van der Waals surface area (Å²) in [6, 6.07) is 14.8. The number of non-ortho nitro benzene ring substituents is 1. The molecule has 1 N–H and O–H groups in total. The molecule has 0 atom stereocenters. The van der Waals surface area contributed by atoms with Crippen LogP contribution in [-0.4, -0.2) is 21.6 Å².